The van der Waals surface area contributed by atoms with Crippen LogP contribution in [-0.4, -0.2) is 29.2 Å². The molecule has 0 aromatic rings. The number of rotatable bonds is 4. The van der Waals surface area contributed by atoms with Gasteiger partial charge in [0.2, 0.25) is 0 Å². The lowest BCUT2D eigenvalue weighted by atomic mass is 9.85. The molecule has 5 heteroatoms. The lowest BCUT2D eigenvalue weighted by molar-refractivity contribution is -0.148. The van der Waals surface area contributed by atoms with Crippen molar-refractivity contribution in [3.63, 3.8) is 0 Å². The van der Waals surface area contributed by atoms with Gasteiger partial charge in [0.05, 0.1) is 11.5 Å². The smallest absolute Gasteiger partial charge is 0.316 e. The lowest BCUT2D eigenvalue weighted by Crippen LogP contribution is -2.51. The number of carbonyl (C=O) groups excluding carboxylic acids is 1. The molecule has 3 N–H and O–H groups in total. The van der Waals surface area contributed by atoms with E-state index in [9.17, 15) is 14.7 Å². The maximum atomic E-state index is 11.7. The monoisotopic (exact) mass is 252 g/mol. The molecular formula is C13H20N2O3. The Morgan fingerprint density at radius 1 is 1.61 bits per heavy atom. The topological polar surface area (TPSA) is 78.4 Å². The molecule has 1 saturated carbocycles. The van der Waals surface area contributed by atoms with Crippen LogP contribution in [0, 0.1) is 17.8 Å². The van der Waals surface area contributed by atoms with Crippen molar-refractivity contribution >= 4 is 12.0 Å². The maximum absolute atomic E-state index is 11.7. The van der Waals surface area contributed by atoms with Gasteiger partial charge in [-0.3, -0.25) is 4.79 Å². The van der Waals surface area contributed by atoms with Crippen LogP contribution in [0.15, 0.2) is 0 Å². The third kappa shape index (κ3) is 2.95. The molecule has 0 bridgehead atoms. The molecule has 18 heavy (non-hydrogen) atoms. The molecule has 100 valence electrons. The van der Waals surface area contributed by atoms with Crippen LogP contribution in [0.25, 0.3) is 0 Å². The van der Waals surface area contributed by atoms with Crippen molar-refractivity contribution < 1.29 is 14.7 Å². The van der Waals surface area contributed by atoms with Crippen LogP contribution in [0.3, 0.4) is 0 Å². The van der Waals surface area contributed by atoms with Crippen LogP contribution in [0.4, 0.5) is 4.79 Å². The molecule has 1 rings (SSSR count). The number of urea groups is 1. The predicted molar refractivity (Wildman–Crippen MR) is 68.0 cm³/mol. The fraction of sp³-hybridized carbons (Fsp3) is 0.692. The first-order valence-corrected chi connectivity index (χ1v) is 6.20. The number of nitrogens with one attached hydrogen (secondary N) is 2. The number of carboxylic acid groups (broad SMARTS) is 1. The van der Waals surface area contributed by atoms with Crippen molar-refractivity contribution in [3.05, 3.63) is 0 Å². The summed E-state index contributed by atoms with van der Waals surface area (Å²) in [6.07, 6.45) is 7.97. The van der Waals surface area contributed by atoms with Gasteiger partial charge >= 0.3 is 12.0 Å². The number of hydrogen-bond donors (Lipinski definition) is 3. The van der Waals surface area contributed by atoms with E-state index in [-0.39, 0.29) is 18.1 Å². The van der Waals surface area contributed by atoms with E-state index in [1.165, 1.54) is 0 Å². The Bertz CT molecular complexity index is 375. The van der Waals surface area contributed by atoms with E-state index in [1.807, 2.05) is 6.92 Å². The molecule has 0 spiro atoms. The highest BCUT2D eigenvalue weighted by atomic mass is 16.4. The molecule has 0 saturated heterocycles. The van der Waals surface area contributed by atoms with Crippen molar-refractivity contribution in [3.8, 4) is 12.3 Å². The summed E-state index contributed by atoms with van der Waals surface area (Å²) in [5.74, 6) is 1.60. The fourth-order valence-corrected chi connectivity index (χ4v) is 2.27. The van der Waals surface area contributed by atoms with Gasteiger partial charge in [0.1, 0.15) is 0 Å². The molecule has 2 amide bonds. The van der Waals surface area contributed by atoms with Crippen LogP contribution in [-0.2, 0) is 4.79 Å². The van der Waals surface area contributed by atoms with Gasteiger partial charge < -0.3 is 15.7 Å². The zero-order valence-corrected chi connectivity index (χ0v) is 10.8. The van der Waals surface area contributed by atoms with E-state index >= 15 is 0 Å². The lowest BCUT2D eigenvalue weighted by Gasteiger charge is -2.28. The first-order valence-electron chi connectivity index (χ1n) is 6.20. The molecule has 0 aromatic heterocycles. The fourth-order valence-electron chi connectivity index (χ4n) is 2.27. The number of hydrogen-bond acceptors (Lipinski definition) is 2. The van der Waals surface area contributed by atoms with Crippen LogP contribution < -0.4 is 10.6 Å². The van der Waals surface area contributed by atoms with Gasteiger partial charge in [0, 0.05) is 6.04 Å². The average Bonchev–Trinajstić information content (AvgIpc) is 2.69. The summed E-state index contributed by atoms with van der Waals surface area (Å²) in [7, 11) is 0. The third-order valence-corrected chi connectivity index (χ3v) is 3.67. The van der Waals surface area contributed by atoms with Crippen molar-refractivity contribution in [2.24, 2.45) is 5.41 Å². The Morgan fingerprint density at radius 2 is 2.28 bits per heavy atom. The molecule has 5 nitrogen and oxygen atoms in total. The normalized spacial score (nSPS) is 28.2. The summed E-state index contributed by atoms with van der Waals surface area (Å²) in [6.45, 7) is 3.55. The largest absolute Gasteiger partial charge is 0.481 e. The second-order valence-corrected chi connectivity index (χ2v) is 4.91. The Labute approximate surface area is 107 Å². The summed E-state index contributed by atoms with van der Waals surface area (Å²) >= 11 is 0. The van der Waals surface area contributed by atoms with Gasteiger partial charge in [0.15, 0.2) is 0 Å². The van der Waals surface area contributed by atoms with Crippen LogP contribution >= 0.6 is 0 Å². The molecule has 3 unspecified atom stereocenters. The van der Waals surface area contributed by atoms with Crippen molar-refractivity contribution in [2.45, 2.75) is 51.6 Å². The zero-order chi connectivity index (χ0) is 13.8. The van der Waals surface area contributed by atoms with Crippen LogP contribution in [0.1, 0.15) is 39.5 Å². The molecule has 0 aromatic carbocycles. The zero-order valence-electron chi connectivity index (χ0n) is 10.8. The minimum absolute atomic E-state index is 0.317. The van der Waals surface area contributed by atoms with Gasteiger partial charge in [-0.1, -0.05) is 19.3 Å². The van der Waals surface area contributed by atoms with Gasteiger partial charge in [-0.2, -0.15) is 0 Å². The number of amides is 2. The highest BCUT2D eigenvalue weighted by Crippen LogP contribution is 2.38. The second kappa shape index (κ2) is 5.76. The maximum Gasteiger partial charge on any atom is 0.316 e. The van der Waals surface area contributed by atoms with E-state index < -0.39 is 11.4 Å². The molecule has 0 heterocycles. The van der Waals surface area contributed by atoms with E-state index in [2.05, 4.69) is 16.6 Å². The molecule has 1 aliphatic rings. The third-order valence-electron chi connectivity index (χ3n) is 3.67. The second-order valence-electron chi connectivity index (χ2n) is 4.91. The first kappa shape index (κ1) is 14.4. The number of carbonyl (C=O) groups is 2. The summed E-state index contributed by atoms with van der Waals surface area (Å²) in [4.78, 5) is 23.0. The minimum atomic E-state index is -0.880. The predicted octanol–water partition coefficient (Wildman–Crippen LogP) is 1.34. The molecule has 0 aliphatic heterocycles. The van der Waals surface area contributed by atoms with E-state index in [4.69, 9.17) is 6.42 Å². The van der Waals surface area contributed by atoms with Crippen molar-refractivity contribution in [1.82, 2.24) is 10.6 Å². The van der Waals surface area contributed by atoms with Gasteiger partial charge in [-0.15, -0.1) is 6.42 Å². The van der Waals surface area contributed by atoms with E-state index in [0.717, 1.165) is 6.42 Å². The molecule has 1 fully saturated rings. The van der Waals surface area contributed by atoms with Gasteiger partial charge in [-0.05, 0) is 26.2 Å². The summed E-state index contributed by atoms with van der Waals surface area (Å²) in [5.41, 5.74) is -0.880. The van der Waals surface area contributed by atoms with Crippen LogP contribution in [0.5, 0.6) is 0 Å². The van der Waals surface area contributed by atoms with Crippen molar-refractivity contribution in [2.75, 3.05) is 0 Å². The first-order chi connectivity index (χ1) is 8.43. The van der Waals surface area contributed by atoms with Crippen molar-refractivity contribution in [1.29, 1.82) is 0 Å². The number of carboxylic acids is 1. The molecule has 0 radical (unpaired) electrons. The minimum Gasteiger partial charge on any atom is -0.481 e. The highest BCUT2D eigenvalue weighted by Gasteiger charge is 2.45. The Balaban J connectivity index is 2.60. The van der Waals surface area contributed by atoms with E-state index in [1.54, 1.807) is 6.92 Å². The summed E-state index contributed by atoms with van der Waals surface area (Å²) in [6, 6.07) is -1.05. The molecular weight excluding hydrogens is 232 g/mol. The number of terminal acetylenes is 1. The average molecular weight is 252 g/mol. The van der Waals surface area contributed by atoms with Crippen LogP contribution in [0.2, 0.25) is 0 Å². The van der Waals surface area contributed by atoms with Gasteiger partial charge in [0.25, 0.3) is 0 Å². The van der Waals surface area contributed by atoms with E-state index in [0.29, 0.717) is 19.3 Å². The molecule has 1 aliphatic carbocycles. The SMILES string of the molecule is C#CC(CC)NC(=O)NC1CCCC1(C)C(=O)O. The Hall–Kier alpha value is -1.70. The summed E-state index contributed by atoms with van der Waals surface area (Å²) in [5, 5.41) is 14.6. The van der Waals surface area contributed by atoms with Gasteiger partial charge in [-0.25, -0.2) is 4.79 Å². The highest BCUT2D eigenvalue weighted by molar-refractivity contribution is 5.79. The standard InChI is InChI=1S/C13H20N2O3/c1-4-9(5-2)14-12(18)15-10-7-6-8-13(10,3)11(16)17/h1,9-10H,5-8H2,2-3H3,(H,16,17)(H2,14,15,18). The molecule has 3 atom stereocenters. The quantitative estimate of drug-likeness (QED) is 0.661. The Kier molecular flexibility index (Phi) is 4.60. The number of aliphatic carboxylic acids is 1. The summed E-state index contributed by atoms with van der Waals surface area (Å²) < 4.78 is 0. The Morgan fingerprint density at radius 3 is 2.78 bits per heavy atom.